The average Bonchev–Trinajstić information content (AvgIpc) is 2.18. The summed E-state index contributed by atoms with van der Waals surface area (Å²) < 4.78 is 29.1. The highest BCUT2D eigenvalue weighted by Crippen LogP contribution is 2.30. The first-order valence-corrected chi connectivity index (χ1v) is 5.56. The summed E-state index contributed by atoms with van der Waals surface area (Å²) in [6.07, 6.45) is 2.08. The molecule has 0 amide bonds. The standard InChI is InChI=1S/C7H8ClNO4S/c1-13-5-2-3-6(8)7(4-5)14(11,12)9-10/h4H,2-3H2,1H3. The third kappa shape index (κ3) is 2.13. The van der Waals surface area contributed by atoms with E-state index in [0.29, 0.717) is 18.6 Å². The third-order valence-corrected chi connectivity index (χ3v) is 3.41. The fourth-order valence-electron chi connectivity index (χ4n) is 1.07. The predicted molar refractivity (Wildman–Crippen MR) is 51.9 cm³/mol. The number of rotatable bonds is 3. The van der Waals surface area contributed by atoms with E-state index in [0.717, 1.165) is 0 Å². The first-order chi connectivity index (χ1) is 6.51. The first kappa shape index (κ1) is 11.2. The molecule has 0 aromatic carbocycles. The lowest BCUT2D eigenvalue weighted by atomic mass is 10.1. The molecule has 7 heteroatoms. The molecule has 0 aromatic rings. The molecule has 78 valence electrons. The minimum absolute atomic E-state index is 0.116. The number of halogens is 1. The number of ether oxygens (including phenoxy) is 1. The van der Waals surface area contributed by atoms with Crippen LogP contribution in [0, 0.1) is 4.91 Å². The van der Waals surface area contributed by atoms with E-state index in [9.17, 15) is 13.3 Å². The maximum atomic E-state index is 11.1. The molecule has 0 N–H and O–H groups in total. The molecule has 0 saturated carbocycles. The Morgan fingerprint density at radius 1 is 1.50 bits per heavy atom. The fraction of sp³-hybridized carbons (Fsp3) is 0.429. The van der Waals surface area contributed by atoms with E-state index in [2.05, 4.69) is 0 Å². The molecule has 0 fully saturated rings. The SMILES string of the molecule is COC1=CC(S(=O)(=O)N=O)=C(Cl)CC1. The van der Waals surface area contributed by atoms with Gasteiger partial charge in [-0.3, -0.25) is 0 Å². The summed E-state index contributed by atoms with van der Waals surface area (Å²) >= 11 is 5.67. The molecule has 1 rings (SSSR count). The number of hydrogen-bond donors (Lipinski definition) is 0. The van der Waals surface area contributed by atoms with Crippen LogP contribution in [0.2, 0.25) is 0 Å². The van der Waals surface area contributed by atoms with Crippen molar-refractivity contribution in [3.05, 3.63) is 26.7 Å². The van der Waals surface area contributed by atoms with Gasteiger partial charge in [-0.05, 0) is 12.5 Å². The number of nitrogens with zero attached hydrogens (tertiary/aromatic N) is 1. The summed E-state index contributed by atoms with van der Waals surface area (Å²) in [5.74, 6) is 0.469. The summed E-state index contributed by atoms with van der Waals surface area (Å²) in [5.41, 5.74) is 0. The largest absolute Gasteiger partial charge is 0.501 e. The molecule has 5 nitrogen and oxygen atoms in total. The Bertz CT molecular complexity index is 409. The van der Waals surface area contributed by atoms with Crippen LogP contribution in [0.1, 0.15) is 12.8 Å². The Labute approximate surface area is 86.4 Å². The van der Waals surface area contributed by atoms with Gasteiger partial charge < -0.3 is 4.74 Å². The molecule has 0 atom stereocenters. The Kier molecular flexibility index (Phi) is 3.28. The van der Waals surface area contributed by atoms with Crippen molar-refractivity contribution in [1.82, 2.24) is 0 Å². The maximum absolute atomic E-state index is 11.1. The van der Waals surface area contributed by atoms with Crippen molar-refractivity contribution < 1.29 is 13.2 Å². The Hall–Kier alpha value is -0.880. The van der Waals surface area contributed by atoms with Crippen LogP contribution in [0.3, 0.4) is 0 Å². The summed E-state index contributed by atoms with van der Waals surface area (Å²) in [5, 5.41) is 0.116. The van der Waals surface area contributed by atoms with E-state index in [1.165, 1.54) is 13.2 Å². The molecule has 1 aliphatic rings. The van der Waals surface area contributed by atoms with Crippen molar-refractivity contribution in [2.24, 2.45) is 4.58 Å². The lowest BCUT2D eigenvalue weighted by Gasteiger charge is -2.13. The van der Waals surface area contributed by atoms with Gasteiger partial charge in [0.25, 0.3) is 0 Å². The van der Waals surface area contributed by atoms with Crippen molar-refractivity contribution in [3.8, 4) is 0 Å². The second-order valence-corrected chi connectivity index (χ2v) is 4.63. The molecule has 0 aliphatic heterocycles. The smallest absolute Gasteiger partial charge is 0.318 e. The van der Waals surface area contributed by atoms with Crippen LogP contribution in [-0.2, 0) is 14.8 Å². The maximum Gasteiger partial charge on any atom is 0.318 e. The topological polar surface area (TPSA) is 72.8 Å². The van der Waals surface area contributed by atoms with Crippen molar-refractivity contribution in [2.75, 3.05) is 7.11 Å². The van der Waals surface area contributed by atoms with Crippen LogP contribution in [-0.4, -0.2) is 15.5 Å². The molecular formula is C7H8ClNO4S. The number of allylic oxidation sites excluding steroid dienone is 3. The first-order valence-electron chi connectivity index (χ1n) is 3.74. The average molecular weight is 238 g/mol. The van der Waals surface area contributed by atoms with E-state index in [-0.39, 0.29) is 9.94 Å². The minimum atomic E-state index is -4.15. The quantitative estimate of drug-likeness (QED) is 0.703. The van der Waals surface area contributed by atoms with E-state index >= 15 is 0 Å². The highest BCUT2D eigenvalue weighted by Gasteiger charge is 2.24. The van der Waals surface area contributed by atoms with Crippen molar-refractivity contribution >= 4 is 21.6 Å². The summed E-state index contributed by atoms with van der Waals surface area (Å²) in [4.78, 5) is 9.80. The zero-order chi connectivity index (χ0) is 10.8. The summed E-state index contributed by atoms with van der Waals surface area (Å²) in [6, 6.07) is 0. The van der Waals surface area contributed by atoms with Crippen LogP contribution in [0.4, 0.5) is 0 Å². The van der Waals surface area contributed by atoms with Crippen molar-refractivity contribution in [3.63, 3.8) is 0 Å². The van der Waals surface area contributed by atoms with Gasteiger partial charge in [0, 0.05) is 11.5 Å². The second kappa shape index (κ2) is 4.10. The van der Waals surface area contributed by atoms with Crippen LogP contribution in [0.5, 0.6) is 0 Å². The van der Waals surface area contributed by atoms with E-state index < -0.39 is 10.0 Å². The second-order valence-electron chi connectivity index (χ2n) is 2.63. The molecule has 1 aliphatic carbocycles. The van der Waals surface area contributed by atoms with Crippen LogP contribution >= 0.6 is 11.6 Å². The van der Waals surface area contributed by atoms with Gasteiger partial charge in [-0.25, -0.2) is 0 Å². The molecule has 0 spiro atoms. The van der Waals surface area contributed by atoms with E-state index in [4.69, 9.17) is 16.3 Å². The lowest BCUT2D eigenvalue weighted by Crippen LogP contribution is -2.05. The van der Waals surface area contributed by atoms with Gasteiger partial charge in [-0.2, -0.15) is 8.42 Å². The van der Waals surface area contributed by atoms with Gasteiger partial charge >= 0.3 is 10.0 Å². The Balaban J connectivity index is 3.20. The molecule has 14 heavy (non-hydrogen) atoms. The molecular weight excluding hydrogens is 230 g/mol. The lowest BCUT2D eigenvalue weighted by molar-refractivity contribution is 0.276. The fourth-order valence-corrected chi connectivity index (χ4v) is 2.25. The number of hydrogen-bond acceptors (Lipinski definition) is 4. The number of sulfonamides is 1. The molecule has 0 saturated heterocycles. The minimum Gasteiger partial charge on any atom is -0.501 e. The third-order valence-electron chi connectivity index (χ3n) is 1.79. The zero-order valence-electron chi connectivity index (χ0n) is 7.36. The van der Waals surface area contributed by atoms with Crippen molar-refractivity contribution in [2.45, 2.75) is 12.8 Å². The predicted octanol–water partition coefficient (Wildman–Crippen LogP) is 1.86. The monoisotopic (exact) mass is 237 g/mol. The van der Waals surface area contributed by atoms with Gasteiger partial charge in [-0.15, -0.1) is 4.91 Å². The molecule has 0 unspecified atom stereocenters. The van der Waals surface area contributed by atoms with Gasteiger partial charge in [0.05, 0.1) is 17.5 Å². The van der Waals surface area contributed by atoms with Crippen LogP contribution in [0.25, 0.3) is 0 Å². The number of methoxy groups -OCH3 is 1. The van der Waals surface area contributed by atoms with Gasteiger partial charge in [0.15, 0.2) is 0 Å². The molecule has 0 radical (unpaired) electrons. The van der Waals surface area contributed by atoms with Gasteiger partial charge in [-0.1, -0.05) is 11.6 Å². The van der Waals surface area contributed by atoms with Gasteiger partial charge in [0.2, 0.25) is 0 Å². The summed E-state index contributed by atoms with van der Waals surface area (Å²) in [6.45, 7) is 0. The Morgan fingerprint density at radius 2 is 2.14 bits per heavy atom. The van der Waals surface area contributed by atoms with Gasteiger partial charge in [0.1, 0.15) is 4.91 Å². The highest BCUT2D eigenvalue weighted by atomic mass is 35.5. The molecule has 0 aromatic heterocycles. The molecule has 0 heterocycles. The molecule has 0 bridgehead atoms. The van der Waals surface area contributed by atoms with E-state index in [1.54, 1.807) is 0 Å². The Morgan fingerprint density at radius 3 is 2.64 bits per heavy atom. The van der Waals surface area contributed by atoms with Crippen LogP contribution in [0.15, 0.2) is 26.4 Å². The highest BCUT2D eigenvalue weighted by molar-refractivity contribution is 7.94. The zero-order valence-corrected chi connectivity index (χ0v) is 8.93. The van der Waals surface area contributed by atoms with Crippen molar-refractivity contribution in [1.29, 1.82) is 0 Å². The normalized spacial score (nSPS) is 17.7. The number of nitroso groups, excluding NO2 is 1. The van der Waals surface area contributed by atoms with E-state index in [1.807, 2.05) is 4.58 Å². The van der Waals surface area contributed by atoms with Crippen LogP contribution < -0.4 is 0 Å². The summed E-state index contributed by atoms with van der Waals surface area (Å²) in [7, 11) is -2.73.